The smallest absolute Gasteiger partial charge is 0.251 e. The first-order valence-corrected chi connectivity index (χ1v) is 11.7. The zero-order chi connectivity index (χ0) is 24.7. The normalized spacial score (nSPS) is 15.6. The summed E-state index contributed by atoms with van der Waals surface area (Å²) in [6, 6.07) is 18.7. The van der Waals surface area contributed by atoms with Gasteiger partial charge in [-0.05, 0) is 62.7 Å². The van der Waals surface area contributed by atoms with Gasteiger partial charge in [-0.15, -0.1) is 0 Å². The van der Waals surface area contributed by atoms with E-state index < -0.39 is 11.9 Å². The Morgan fingerprint density at radius 2 is 1.71 bits per heavy atom. The molecule has 0 unspecified atom stereocenters. The number of aliphatic imine (C=N–C) groups is 1. The van der Waals surface area contributed by atoms with Crippen LogP contribution in [0.4, 0.5) is 10.1 Å². The maximum atomic E-state index is 14.8. The Hall–Kier alpha value is -3.77. The predicted octanol–water partition coefficient (Wildman–Crippen LogP) is 6.52. The largest absolute Gasteiger partial charge is 0.441 e. The monoisotopic (exact) mass is 487 g/mol. The number of carbonyl (C=O) groups excluding carboxylic acids is 1. The van der Waals surface area contributed by atoms with Gasteiger partial charge >= 0.3 is 0 Å². The van der Waals surface area contributed by atoms with Gasteiger partial charge in [-0.1, -0.05) is 41.9 Å². The number of fused-ring (bicyclic) bond motifs is 1. The Morgan fingerprint density at radius 3 is 2.46 bits per heavy atom. The molecule has 0 bridgehead atoms. The van der Waals surface area contributed by atoms with Crippen LogP contribution in [0.3, 0.4) is 0 Å². The molecule has 0 aliphatic carbocycles. The zero-order valence-electron chi connectivity index (χ0n) is 19.5. The fourth-order valence-corrected chi connectivity index (χ4v) is 4.45. The van der Waals surface area contributed by atoms with Gasteiger partial charge < -0.3 is 9.32 Å². The Labute approximate surface area is 207 Å². The molecule has 2 heterocycles. The maximum Gasteiger partial charge on any atom is 0.251 e. The van der Waals surface area contributed by atoms with Gasteiger partial charge in [0.2, 0.25) is 5.89 Å². The van der Waals surface area contributed by atoms with Crippen molar-refractivity contribution in [2.24, 2.45) is 4.99 Å². The van der Waals surface area contributed by atoms with Gasteiger partial charge in [-0.2, -0.15) is 0 Å². The highest BCUT2D eigenvalue weighted by Crippen LogP contribution is 2.33. The molecule has 1 aliphatic heterocycles. The average molecular weight is 488 g/mol. The SMILES string of the molecule is Cc1ccccc1-c1nc(CN2C(=O)[C@H](C)N=C(c3ccccc3F)c3cc(Cl)ccc32)c(C)o1. The van der Waals surface area contributed by atoms with E-state index in [0.717, 1.165) is 11.1 Å². The van der Waals surface area contributed by atoms with Gasteiger partial charge in [0.25, 0.3) is 5.91 Å². The van der Waals surface area contributed by atoms with Crippen molar-refractivity contribution in [2.45, 2.75) is 33.4 Å². The molecule has 0 saturated heterocycles. The molecule has 176 valence electrons. The zero-order valence-corrected chi connectivity index (χ0v) is 20.3. The summed E-state index contributed by atoms with van der Waals surface area (Å²) < 4.78 is 20.8. The molecule has 0 spiro atoms. The van der Waals surface area contributed by atoms with Crippen LogP contribution >= 0.6 is 11.6 Å². The van der Waals surface area contributed by atoms with Crippen molar-refractivity contribution in [1.29, 1.82) is 0 Å². The van der Waals surface area contributed by atoms with Crippen LogP contribution in [0.2, 0.25) is 5.02 Å². The van der Waals surface area contributed by atoms with E-state index in [2.05, 4.69) is 4.99 Å². The van der Waals surface area contributed by atoms with Crippen molar-refractivity contribution in [3.05, 3.63) is 106 Å². The van der Waals surface area contributed by atoms with Crippen LogP contribution < -0.4 is 4.90 Å². The molecule has 0 radical (unpaired) electrons. The molecule has 4 aromatic rings. The lowest BCUT2D eigenvalue weighted by Crippen LogP contribution is -2.36. The third-order valence-electron chi connectivity index (χ3n) is 6.16. The number of anilines is 1. The minimum Gasteiger partial charge on any atom is -0.441 e. The van der Waals surface area contributed by atoms with E-state index in [1.165, 1.54) is 6.07 Å². The first-order valence-electron chi connectivity index (χ1n) is 11.3. The summed E-state index contributed by atoms with van der Waals surface area (Å²) in [5.74, 6) is 0.490. The quantitative estimate of drug-likeness (QED) is 0.329. The van der Waals surface area contributed by atoms with Crippen molar-refractivity contribution < 1.29 is 13.6 Å². The van der Waals surface area contributed by atoms with Crippen molar-refractivity contribution in [3.63, 3.8) is 0 Å². The van der Waals surface area contributed by atoms with Crippen LogP contribution in [0.25, 0.3) is 11.5 Å². The van der Waals surface area contributed by atoms with Gasteiger partial charge in [-0.3, -0.25) is 9.79 Å². The predicted molar refractivity (Wildman–Crippen MR) is 136 cm³/mol. The lowest BCUT2D eigenvalue weighted by molar-refractivity contribution is -0.119. The molecule has 1 aliphatic rings. The Morgan fingerprint density at radius 1 is 1.00 bits per heavy atom. The highest BCUT2D eigenvalue weighted by atomic mass is 35.5. The van der Waals surface area contributed by atoms with Gasteiger partial charge in [0.05, 0.1) is 17.9 Å². The number of hydrogen-bond acceptors (Lipinski definition) is 4. The van der Waals surface area contributed by atoms with Crippen LogP contribution in [-0.4, -0.2) is 22.6 Å². The second kappa shape index (κ2) is 9.12. The number of rotatable bonds is 4. The number of hydrogen-bond donors (Lipinski definition) is 0. The van der Waals surface area contributed by atoms with Crippen LogP contribution in [0.5, 0.6) is 0 Å². The molecule has 1 atom stereocenters. The molecule has 5 rings (SSSR count). The summed E-state index contributed by atoms with van der Waals surface area (Å²) in [4.78, 5) is 24.5. The molecule has 0 fully saturated rings. The number of aromatic nitrogens is 1. The summed E-state index contributed by atoms with van der Waals surface area (Å²) in [5, 5.41) is 0.467. The molecule has 35 heavy (non-hydrogen) atoms. The van der Waals surface area contributed by atoms with Crippen molar-refractivity contribution >= 4 is 28.9 Å². The van der Waals surface area contributed by atoms with E-state index in [-0.39, 0.29) is 12.5 Å². The fraction of sp³-hybridized carbons (Fsp3) is 0.179. The highest BCUT2D eigenvalue weighted by molar-refractivity contribution is 6.32. The molecule has 1 aromatic heterocycles. The molecule has 0 saturated carbocycles. The summed E-state index contributed by atoms with van der Waals surface area (Å²) in [6.07, 6.45) is 0. The molecule has 7 heteroatoms. The number of halogens is 2. The van der Waals surface area contributed by atoms with Crippen molar-refractivity contribution in [1.82, 2.24) is 4.98 Å². The molecular weight excluding hydrogens is 465 g/mol. The van der Waals surface area contributed by atoms with Crippen molar-refractivity contribution in [3.8, 4) is 11.5 Å². The van der Waals surface area contributed by atoms with Gasteiger partial charge in [0.15, 0.2) is 0 Å². The second-order valence-electron chi connectivity index (χ2n) is 8.56. The first-order chi connectivity index (χ1) is 16.8. The fourth-order valence-electron chi connectivity index (χ4n) is 4.28. The van der Waals surface area contributed by atoms with Gasteiger partial charge in [0.1, 0.15) is 23.3 Å². The lowest BCUT2D eigenvalue weighted by Gasteiger charge is -2.24. The van der Waals surface area contributed by atoms with E-state index in [0.29, 0.717) is 44.9 Å². The molecular formula is C28H23ClFN3O2. The second-order valence-corrected chi connectivity index (χ2v) is 8.99. The van der Waals surface area contributed by atoms with Crippen molar-refractivity contribution in [2.75, 3.05) is 4.90 Å². The third kappa shape index (κ3) is 4.26. The highest BCUT2D eigenvalue weighted by Gasteiger charge is 2.32. The Bertz CT molecular complexity index is 1480. The van der Waals surface area contributed by atoms with E-state index in [4.69, 9.17) is 21.0 Å². The molecule has 1 amide bonds. The van der Waals surface area contributed by atoms with Crippen LogP contribution in [0, 0.1) is 19.7 Å². The van der Waals surface area contributed by atoms with Gasteiger partial charge in [-0.25, -0.2) is 9.37 Å². The number of nitrogens with zero attached hydrogens (tertiary/aromatic N) is 3. The number of amides is 1. The number of carbonyl (C=O) groups is 1. The van der Waals surface area contributed by atoms with E-state index in [1.807, 2.05) is 38.1 Å². The number of aryl methyl sites for hydroxylation is 2. The Balaban J connectivity index is 1.60. The maximum absolute atomic E-state index is 14.8. The third-order valence-corrected chi connectivity index (χ3v) is 6.39. The average Bonchev–Trinajstić information content (AvgIpc) is 3.17. The molecule has 3 aromatic carbocycles. The summed E-state index contributed by atoms with van der Waals surface area (Å²) >= 11 is 6.33. The topological polar surface area (TPSA) is 58.7 Å². The Kier molecular flexibility index (Phi) is 5.99. The summed E-state index contributed by atoms with van der Waals surface area (Å²) in [5.41, 5.74) is 4.46. The summed E-state index contributed by atoms with van der Waals surface area (Å²) in [6.45, 7) is 5.72. The van der Waals surface area contributed by atoms with E-state index >= 15 is 0 Å². The molecule has 0 N–H and O–H groups in total. The van der Waals surface area contributed by atoms with Crippen LogP contribution in [-0.2, 0) is 11.3 Å². The minimum atomic E-state index is -0.737. The first kappa shape index (κ1) is 23.0. The number of benzodiazepines with no additional fused rings is 1. The van der Waals surface area contributed by atoms with E-state index in [9.17, 15) is 9.18 Å². The number of oxazole rings is 1. The number of benzene rings is 3. The van der Waals surface area contributed by atoms with Crippen LogP contribution in [0.15, 0.2) is 76.1 Å². The lowest BCUT2D eigenvalue weighted by atomic mass is 9.99. The van der Waals surface area contributed by atoms with Crippen LogP contribution in [0.1, 0.15) is 35.1 Å². The van der Waals surface area contributed by atoms with Gasteiger partial charge in [0, 0.05) is 21.7 Å². The molecule has 5 nitrogen and oxygen atoms in total. The minimum absolute atomic E-state index is 0.180. The standard InChI is InChI=1S/C28H23ClFN3O2/c1-16-8-4-5-9-20(16)27-32-24(18(3)35-27)15-33-25-13-12-19(29)14-22(25)26(31-17(2)28(33)34)21-10-6-7-11-23(21)30/h4-14,17H,15H2,1-3H3/t17-/m0/s1. The van der Waals surface area contributed by atoms with E-state index in [1.54, 1.807) is 48.2 Å². The summed E-state index contributed by atoms with van der Waals surface area (Å²) in [7, 11) is 0.